The summed E-state index contributed by atoms with van der Waals surface area (Å²) in [5.74, 6) is 0. The van der Waals surface area contributed by atoms with E-state index in [0.717, 1.165) is 0 Å². The summed E-state index contributed by atoms with van der Waals surface area (Å²) in [6.45, 7) is 9.97. The van der Waals surface area contributed by atoms with Gasteiger partial charge in [0.1, 0.15) is 13.1 Å². The largest absolute Gasteiger partial charge is 1.00 e. The van der Waals surface area contributed by atoms with Crippen molar-refractivity contribution in [2.75, 3.05) is 54.4 Å². The maximum atomic E-state index is 2.46. The van der Waals surface area contributed by atoms with E-state index in [1.807, 2.05) is 0 Å². The van der Waals surface area contributed by atoms with Crippen LogP contribution in [0.4, 0.5) is 0 Å². The molecule has 234 valence electrons. The number of hydrogen-bond acceptors (Lipinski definition) is 0. The van der Waals surface area contributed by atoms with Crippen LogP contribution in [0.2, 0.25) is 0 Å². The van der Waals surface area contributed by atoms with Gasteiger partial charge in [0.15, 0.2) is 0 Å². The topological polar surface area (TPSA) is 0 Å². The SMILES string of the molecule is CCCCCCCCCCCCCCCC[N+](C)(C)CC[N+](C)(C)CCCCCCCCCCCC.[Br-].[Br-]. The zero-order chi connectivity index (χ0) is 26.8. The zero-order valence-corrected chi connectivity index (χ0v) is 30.6. The summed E-state index contributed by atoms with van der Waals surface area (Å²) in [6.07, 6.45) is 34.8. The van der Waals surface area contributed by atoms with E-state index in [1.165, 1.54) is 189 Å². The normalized spacial score (nSPS) is 11.8. The molecule has 0 aliphatic carbocycles. The molecular formula is C34H74Br2N2. The third kappa shape index (κ3) is 33.1. The second-order valence-corrected chi connectivity index (χ2v) is 13.5. The summed E-state index contributed by atoms with van der Waals surface area (Å²) < 4.78 is 2.41. The Bertz CT molecular complexity index is 440. The minimum atomic E-state index is 0. The lowest BCUT2D eigenvalue weighted by molar-refractivity contribution is -0.946. The molecule has 0 saturated heterocycles. The van der Waals surface area contributed by atoms with Crippen LogP contribution >= 0.6 is 0 Å². The number of hydrogen-bond donors (Lipinski definition) is 0. The van der Waals surface area contributed by atoms with Gasteiger partial charge in [-0.15, -0.1) is 0 Å². The Balaban J connectivity index is -0.00000612. The van der Waals surface area contributed by atoms with Crippen molar-refractivity contribution in [2.45, 2.75) is 168 Å². The van der Waals surface area contributed by atoms with Gasteiger partial charge in [-0.2, -0.15) is 0 Å². The van der Waals surface area contributed by atoms with E-state index in [1.54, 1.807) is 0 Å². The van der Waals surface area contributed by atoms with Crippen molar-refractivity contribution >= 4 is 0 Å². The van der Waals surface area contributed by atoms with Gasteiger partial charge in [0.2, 0.25) is 0 Å². The van der Waals surface area contributed by atoms with Gasteiger partial charge in [0.05, 0.1) is 41.3 Å². The summed E-state index contributed by atoms with van der Waals surface area (Å²) in [6, 6.07) is 0. The Kier molecular flexibility index (Phi) is 35.2. The molecule has 0 amide bonds. The fraction of sp³-hybridized carbons (Fsp3) is 1.00. The zero-order valence-electron chi connectivity index (χ0n) is 27.4. The van der Waals surface area contributed by atoms with E-state index >= 15 is 0 Å². The lowest BCUT2D eigenvalue weighted by Crippen LogP contribution is -3.00. The van der Waals surface area contributed by atoms with Crippen LogP contribution < -0.4 is 34.0 Å². The molecule has 0 aliphatic heterocycles. The molecule has 2 nitrogen and oxygen atoms in total. The van der Waals surface area contributed by atoms with Crippen LogP contribution in [0.15, 0.2) is 0 Å². The summed E-state index contributed by atoms with van der Waals surface area (Å²) >= 11 is 0. The van der Waals surface area contributed by atoms with Crippen LogP contribution in [0.3, 0.4) is 0 Å². The smallest absolute Gasteiger partial charge is 0.128 e. The molecule has 0 aliphatic rings. The van der Waals surface area contributed by atoms with E-state index in [-0.39, 0.29) is 34.0 Å². The van der Waals surface area contributed by atoms with Crippen molar-refractivity contribution in [1.29, 1.82) is 0 Å². The van der Waals surface area contributed by atoms with Crippen LogP contribution in [-0.4, -0.2) is 63.3 Å². The number of quaternary nitrogens is 2. The second kappa shape index (κ2) is 30.8. The number of halogens is 2. The molecular weight excluding hydrogens is 596 g/mol. The standard InChI is InChI=1S/C34H74N2.2BrH/c1-7-9-11-13-15-17-19-20-21-22-24-26-28-30-32-36(5,6)34-33-35(3,4)31-29-27-25-23-18-16-14-12-10-8-2;;/h7-34H2,1-6H3;2*1H/q+2;;/p-2. The molecule has 0 fully saturated rings. The van der Waals surface area contributed by atoms with Crippen LogP contribution in [0.25, 0.3) is 0 Å². The highest BCUT2D eigenvalue weighted by Gasteiger charge is 2.22. The lowest BCUT2D eigenvalue weighted by Gasteiger charge is -2.36. The summed E-state index contributed by atoms with van der Waals surface area (Å²) in [7, 11) is 9.84. The molecule has 0 spiro atoms. The summed E-state index contributed by atoms with van der Waals surface area (Å²) in [5.41, 5.74) is 0. The van der Waals surface area contributed by atoms with Crippen molar-refractivity contribution in [3.63, 3.8) is 0 Å². The summed E-state index contributed by atoms with van der Waals surface area (Å²) in [4.78, 5) is 0. The fourth-order valence-corrected chi connectivity index (χ4v) is 5.53. The Morgan fingerprint density at radius 1 is 0.263 bits per heavy atom. The van der Waals surface area contributed by atoms with Crippen LogP contribution in [0.5, 0.6) is 0 Å². The van der Waals surface area contributed by atoms with Crippen LogP contribution in [0, 0.1) is 0 Å². The number of rotatable bonds is 29. The average Bonchev–Trinajstić information content (AvgIpc) is 2.84. The highest BCUT2D eigenvalue weighted by atomic mass is 79.9. The van der Waals surface area contributed by atoms with Gasteiger partial charge in [0, 0.05) is 0 Å². The van der Waals surface area contributed by atoms with Gasteiger partial charge < -0.3 is 42.9 Å². The highest BCUT2D eigenvalue weighted by Crippen LogP contribution is 2.15. The molecule has 0 heterocycles. The Morgan fingerprint density at radius 2 is 0.447 bits per heavy atom. The van der Waals surface area contributed by atoms with E-state index in [9.17, 15) is 0 Å². The molecule has 0 radical (unpaired) electrons. The van der Waals surface area contributed by atoms with Gasteiger partial charge in [0.25, 0.3) is 0 Å². The fourth-order valence-electron chi connectivity index (χ4n) is 5.53. The predicted molar refractivity (Wildman–Crippen MR) is 166 cm³/mol. The third-order valence-corrected chi connectivity index (χ3v) is 8.54. The van der Waals surface area contributed by atoms with Gasteiger partial charge in [-0.1, -0.05) is 142 Å². The van der Waals surface area contributed by atoms with E-state index in [2.05, 4.69) is 42.0 Å². The minimum Gasteiger partial charge on any atom is -1.00 e. The Labute approximate surface area is 264 Å². The monoisotopic (exact) mass is 668 g/mol. The first kappa shape index (κ1) is 43.3. The first-order valence-corrected chi connectivity index (χ1v) is 17.0. The van der Waals surface area contributed by atoms with Crippen molar-refractivity contribution in [3.8, 4) is 0 Å². The molecule has 0 aromatic rings. The first-order chi connectivity index (χ1) is 17.3. The van der Waals surface area contributed by atoms with E-state index in [4.69, 9.17) is 0 Å². The van der Waals surface area contributed by atoms with Gasteiger partial charge >= 0.3 is 0 Å². The Morgan fingerprint density at radius 3 is 0.658 bits per heavy atom. The molecule has 0 N–H and O–H groups in total. The quantitative estimate of drug-likeness (QED) is 0.0810. The molecule has 0 saturated carbocycles. The van der Waals surface area contributed by atoms with Crippen molar-refractivity contribution < 1.29 is 42.9 Å². The van der Waals surface area contributed by atoms with Gasteiger partial charge in [-0.25, -0.2) is 0 Å². The molecule has 0 aromatic heterocycles. The predicted octanol–water partition coefficient (Wildman–Crippen LogP) is 4.55. The first-order valence-electron chi connectivity index (χ1n) is 17.0. The molecule has 0 bridgehead atoms. The van der Waals surface area contributed by atoms with Gasteiger partial charge in [-0.05, 0) is 25.7 Å². The maximum absolute atomic E-state index is 2.46. The van der Waals surface area contributed by atoms with Crippen LogP contribution in [-0.2, 0) is 0 Å². The molecule has 4 heteroatoms. The Hall–Kier alpha value is 0.880. The number of likely N-dealkylation sites (N-methyl/N-ethyl adjacent to an activating group) is 2. The van der Waals surface area contributed by atoms with Gasteiger partial charge in [-0.3, -0.25) is 0 Å². The van der Waals surface area contributed by atoms with Crippen molar-refractivity contribution in [1.82, 2.24) is 0 Å². The minimum absolute atomic E-state index is 0. The molecule has 0 unspecified atom stereocenters. The number of nitrogens with zero attached hydrogens (tertiary/aromatic N) is 2. The van der Waals surface area contributed by atoms with Crippen molar-refractivity contribution in [3.05, 3.63) is 0 Å². The third-order valence-electron chi connectivity index (χ3n) is 8.54. The van der Waals surface area contributed by atoms with E-state index in [0.29, 0.717) is 0 Å². The lowest BCUT2D eigenvalue weighted by atomic mass is 10.0. The molecule has 0 aromatic carbocycles. The van der Waals surface area contributed by atoms with Crippen molar-refractivity contribution in [2.24, 2.45) is 0 Å². The highest BCUT2D eigenvalue weighted by molar-refractivity contribution is 4.51. The molecule has 38 heavy (non-hydrogen) atoms. The molecule has 0 atom stereocenters. The maximum Gasteiger partial charge on any atom is 0.128 e. The second-order valence-electron chi connectivity index (χ2n) is 13.5. The average molecular weight is 671 g/mol. The van der Waals surface area contributed by atoms with E-state index < -0.39 is 0 Å². The number of unbranched alkanes of at least 4 members (excludes halogenated alkanes) is 22. The molecule has 0 rings (SSSR count). The summed E-state index contributed by atoms with van der Waals surface area (Å²) in [5, 5.41) is 0. The van der Waals surface area contributed by atoms with Crippen LogP contribution in [0.1, 0.15) is 168 Å².